The summed E-state index contributed by atoms with van der Waals surface area (Å²) in [6, 6.07) is 8.49. The molecule has 0 aliphatic heterocycles. The van der Waals surface area contributed by atoms with Crippen LogP contribution in [0, 0.1) is 0 Å². The minimum absolute atomic E-state index is 0.926. The Kier molecular flexibility index (Phi) is 14.6. The van der Waals surface area contributed by atoms with E-state index in [4.69, 9.17) is 0 Å². The van der Waals surface area contributed by atoms with E-state index in [9.17, 15) is 0 Å². The van der Waals surface area contributed by atoms with E-state index < -0.39 is 0 Å². The minimum atomic E-state index is 0.926. The largest absolute Gasteiger partial charge is 0.385 e. The monoisotopic (exact) mass is 260 g/mol. The molecular formula is C17H28N2. The van der Waals surface area contributed by atoms with E-state index in [2.05, 4.69) is 68.3 Å². The van der Waals surface area contributed by atoms with Gasteiger partial charge in [0, 0.05) is 19.3 Å². The molecule has 0 aromatic heterocycles. The Morgan fingerprint density at radius 2 is 1.89 bits per heavy atom. The summed E-state index contributed by atoms with van der Waals surface area (Å²) in [5, 5.41) is 3.22. The van der Waals surface area contributed by atoms with Crippen molar-refractivity contribution in [3.63, 3.8) is 0 Å². The van der Waals surface area contributed by atoms with E-state index in [0.29, 0.717) is 0 Å². The van der Waals surface area contributed by atoms with Crippen LogP contribution < -0.4 is 5.32 Å². The van der Waals surface area contributed by atoms with E-state index in [1.807, 2.05) is 6.92 Å². The van der Waals surface area contributed by atoms with Gasteiger partial charge < -0.3 is 10.3 Å². The molecule has 0 amide bonds. The second kappa shape index (κ2) is 14.2. The summed E-state index contributed by atoms with van der Waals surface area (Å²) >= 11 is 0. The molecule has 0 unspecified atom stereocenters. The lowest BCUT2D eigenvalue weighted by Crippen LogP contribution is -2.09. The lowest BCUT2D eigenvalue weighted by atomic mass is 10.1. The molecule has 0 spiro atoms. The highest BCUT2D eigenvalue weighted by Crippen LogP contribution is 2.11. The number of benzene rings is 1. The van der Waals surface area contributed by atoms with Crippen molar-refractivity contribution in [1.82, 2.24) is 5.32 Å². The topological polar surface area (TPSA) is 24.4 Å². The van der Waals surface area contributed by atoms with Crippen molar-refractivity contribution >= 4 is 12.4 Å². The lowest BCUT2D eigenvalue weighted by molar-refractivity contribution is 0.941. The van der Waals surface area contributed by atoms with E-state index in [0.717, 1.165) is 18.7 Å². The number of hydrogen-bond donors (Lipinski definition) is 1. The Balaban J connectivity index is 0. The Morgan fingerprint density at radius 1 is 1.37 bits per heavy atom. The zero-order chi connectivity index (χ0) is 15.1. The number of rotatable bonds is 4. The third kappa shape index (κ3) is 11.0. The molecule has 0 fully saturated rings. The molecule has 106 valence electrons. The number of nitrogens with one attached hydrogen (secondary N) is 1. The molecule has 0 saturated carbocycles. The van der Waals surface area contributed by atoms with Crippen LogP contribution in [0.5, 0.6) is 0 Å². The number of aryl methyl sites for hydroxylation is 1. The minimum Gasteiger partial charge on any atom is -0.385 e. The molecule has 1 rings (SSSR count). The predicted molar refractivity (Wildman–Crippen MR) is 89.9 cm³/mol. The zero-order valence-electron chi connectivity index (χ0n) is 12.9. The molecule has 0 saturated heterocycles. The van der Waals surface area contributed by atoms with Gasteiger partial charge in [0.25, 0.3) is 0 Å². The number of hydrogen-bond acceptors (Lipinski definition) is 2. The van der Waals surface area contributed by atoms with Crippen LogP contribution in [0.3, 0.4) is 0 Å². The highest BCUT2D eigenvalue weighted by atomic mass is 14.9. The van der Waals surface area contributed by atoms with Crippen LogP contribution in [0.2, 0.25) is 0 Å². The molecule has 2 heteroatoms. The molecule has 19 heavy (non-hydrogen) atoms. The van der Waals surface area contributed by atoms with Crippen LogP contribution in [0.25, 0.3) is 5.70 Å². The van der Waals surface area contributed by atoms with Gasteiger partial charge in [-0.3, -0.25) is 0 Å². The third-order valence-electron chi connectivity index (χ3n) is 2.07. The standard InChI is InChI=1S/C12H17N.C3H6.C2H5N/c1-4-11-7-6-8-12(9-11)10(3)13-5-2;2*1-3-2/h6-9,13H,3-5H2,1-2H3;3H,1H2,2H3;1H2,2H3. The summed E-state index contributed by atoms with van der Waals surface area (Å²) in [5.74, 6) is 0. The van der Waals surface area contributed by atoms with Gasteiger partial charge in [-0.2, -0.15) is 0 Å². The highest BCUT2D eigenvalue weighted by Gasteiger charge is 1.97. The van der Waals surface area contributed by atoms with Gasteiger partial charge in [-0.25, -0.2) is 0 Å². The van der Waals surface area contributed by atoms with Crippen molar-refractivity contribution in [3.8, 4) is 0 Å². The van der Waals surface area contributed by atoms with Crippen molar-refractivity contribution in [2.75, 3.05) is 13.6 Å². The fourth-order valence-electron chi connectivity index (χ4n) is 1.29. The molecule has 1 N–H and O–H groups in total. The zero-order valence-corrected chi connectivity index (χ0v) is 12.9. The van der Waals surface area contributed by atoms with Crippen LogP contribution in [0.4, 0.5) is 0 Å². The molecule has 0 radical (unpaired) electrons. The fourth-order valence-corrected chi connectivity index (χ4v) is 1.29. The second-order valence-corrected chi connectivity index (χ2v) is 3.79. The van der Waals surface area contributed by atoms with Crippen LogP contribution in [0.1, 0.15) is 31.9 Å². The summed E-state index contributed by atoms with van der Waals surface area (Å²) in [6.07, 6.45) is 2.83. The Morgan fingerprint density at radius 3 is 2.32 bits per heavy atom. The first-order valence-electron chi connectivity index (χ1n) is 6.55. The Labute approximate surface area is 119 Å². The SMILES string of the molecule is C=C(NCC)c1cccc(CC)c1.C=CC.C=NC. The molecule has 0 bridgehead atoms. The van der Waals surface area contributed by atoms with Crippen LogP contribution in [0.15, 0.2) is 48.5 Å². The van der Waals surface area contributed by atoms with Gasteiger partial charge in [-0.1, -0.05) is 37.8 Å². The average Bonchev–Trinajstić information content (AvgIpc) is 2.41. The number of nitrogens with zero attached hydrogens (tertiary/aromatic N) is 1. The molecule has 1 aromatic rings. The Hall–Kier alpha value is -1.83. The van der Waals surface area contributed by atoms with Crippen LogP contribution in [-0.4, -0.2) is 20.3 Å². The van der Waals surface area contributed by atoms with E-state index in [1.165, 1.54) is 11.1 Å². The van der Waals surface area contributed by atoms with Crippen molar-refractivity contribution in [3.05, 3.63) is 54.6 Å². The van der Waals surface area contributed by atoms with E-state index >= 15 is 0 Å². The molecule has 2 nitrogen and oxygen atoms in total. The summed E-state index contributed by atoms with van der Waals surface area (Å²) in [6.45, 7) is 17.5. The van der Waals surface area contributed by atoms with Crippen molar-refractivity contribution in [1.29, 1.82) is 0 Å². The summed E-state index contributed by atoms with van der Waals surface area (Å²) in [5.41, 5.74) is 3.57. The normalized spacial score (nSPS) is 8.00. The molecule has 1 aromatic carbocycles. The summed E-state index contributed by atoms with van der Waals surface area (Å²) < 4.78 is 0. The first-order valence-corrected chi connectivity index (χ1v) is 6.55. The maximum atomic E-state index is 3.98. The molecule has 0 atom stereocenters. The van der Waals surface area contributed by atoms with Gasteiger partial charge in [-0.05, 0) is 44.2 Å². The average molecular weight is 260 g/mol. The van der Waals surface area contributed by atoms with Gasteiger partial charge in [0.15, 0.2) is 0 Å². The van der Waals surface area contributed by atoms with Crippen LogP contribution in [-0.2, 0) is 6.42 Å². The fraction of sp³-hybridized carbons (Fsp3) is 0.353. The Bertz CT molecular complexity index is 361. The second-order valence-electron chi connectivity index (χ2n) is 3.79. The number of allylic oxidation sites excluding steroid dienone is 1. The van der Waals surface area contributed by atoms with Gasteiger partial charge in [0.2, 0.25) is 0 Å². The van der Waals surface area contributed by atoms with Crippen molar-refractivity contribution in [2.24, 2.45) is 4.99 Å². The van der Waals surface area contributed by atoms with Gasteiger partial charge in [-0.15, -0.1) is 6.58 Å². The first-order chi connectivity index (χ1) is 9.10. The van der Waals surface area contributed by atoms with Gasteiger partial charge in [0.1, 0.15) is 0 Å². The van der Waals surface area contributed by atoms with Crippen molar-refractivity contribution in [2.45, 2.75) is 27.2 Å². The summed E-state index contributed by atoms with van der Waals surface area (Å²) in [7, 11) is 1.64. The van der Waals surface area contributed by atoms with Gasteiger partial charge >= 0.3 is 0 Å². The maximum absolute atomic E-state index is 3.98. The van der Waals surface area contributed by atoms with E-state index in [-0.39, 0.29) is 0 Å². The number of aliphatic imine (C=N–C) groups is 1. The predicted octanol–water partition coefficient (Wildman–Crippen LogP) is 4.34. The van der Waals surface area contributed by atoms with Crippen LogP contribution >= 0.6 is 0 Å². The smallest absolute Gasteiger partial charge is 0.0340 e. The summed E-state index contributed by atoms with van der Waals surface area (Å²) in [4.78, 5) is 3.25. The lowest BCUT2D eigenvalue weighted by Gasteiger charge is -2.08. The van der Waals surface area contributed by atoms with E-state index in [1.54, 1.807) is 13.1 Å². The first kappa shape index (κ1) is 19.5. The van der Waals surface area contributed by atoms with Gasteiger partial charge in [0.05, 0.1) is 0 Å². The molecular weight excluding hydrogens is 232 g/mol. The molecule has 0 aliphatic rings. The van der Waals surface area contributed by atoms with Crippen molar-refractivity contribution < 1.29 is 0 Å². The molecule has 0 aliphatic carbocycles. The highest BCUT2D eigenvalue weighted by molar-refractivity contribution is 5.62. The maximum Gasteiger partial charge on any atom is 0.0340 e. The quantitative estimate of drug-likeness (QED) is 0.632. The third-order valence-corrected chi connectivity index (χ3v) is 2.07. The molecule has 0 heterocycles.